The Balaban J connectivity index is 0.000000181. The van der Waals surface area contributed by atoms with E-state index < -0.39 is 0 Å². The second kappa shape index (κ2) is 7.81. The lowest BCUT2D eigenvalue weighted by Gasteiger charge is -1.98. The van der Waals surface area contributed by atoms with Crippen LogP contribution in [-0.4, -0.2) is 17.2 Å². The van der Waals surface area contributed by atoms with Crippen molar-refractivity contribution in [3.05, 3.63) is 58.8 Å². The molecular weight excluding hydrogens is 282 g/mol. The first kappa shape index (κ1) is 13.7. The predicted octanol–water partition coefficient (Wildman–Crippen LogP) is 3.03. The number of nitrogens with zero attached hydrogens (tertiary/aromatic N) is 1. The number of halogens is 1. The SMILES string of the molecule is Brc1ccccn1.COc1ccc(CO)cc1. The van der Waals surface area contributed by atoms with Crippen LogP contribution in [0, 0.1) is 0 Å². The van der Waals surface area contributed by atoms with Crippen molar-refractivity contribution in [2.24, 2.45) is 0 Å². The zero-order chi connectivity index (χ0) is 12.5. The molecule has 0 saturated carbocycles. The molecule has 0 aliphatic carbocycles. The van der Waals surface area contributed by atoms with Crippen LogP contribution in [-0.2, 0) is 6.61 Å². The molecule has 90 valence electrons. The zero-order valence-corrected chi connectivity index (χ0v) is 11.1. The van der Waals surface area contributed by atoms with Crippen molar-refractivity contribution in [1.29, 1.82) is 0 Å². The summed E-state index contributed by atoms with van der Waals surface area (Å²) < 4.78 is 5.82. The van der Waals surface area contributed by atoms with Crippen LogP contribution in [0.4, 0.5) is 0 Å². The number of rotatable bonds is 2. The molecule has 0 atom stereocenters. The molecule has 1 aromatic carbocycles. The summed E-state index contributed by atoms with van der Waals surface area (Å²) in [5.41, 5.74) is 0.904. The van der Waals surface area contributed by atoms with Crippen molar-refractivity contribution in [2.75, 3.05) is 7.11 Å². The largest absolute Gasteiger partial charge is 0.497 e. The van der Waals surface area contributed by atoms with Gasteiger partial charge in [0.15, 0.2) is 0 Å². The quantitative estimate of drug-likeness (QED) is 0.866. The Morgan fingerprint density at radius 1 is 1.18 bits per heavy atom. The van der Waals surface area contributed by atoms with Crippen molar-refractivity contribution in [3.63, 3.8) is 0 Å². The van der Waals surface area contributed by atoms with E-state index in [-0.39, 0.29) is 6.61 Å². The summed E-state index contributed by atoms with van der Waals surface area (Å²) in [7, 11) is 1.62. The minimum atomic E-state index is 0.0873. The molecular formula is C13H14BrNO2. The van der Waals surface area contributed by atoms with Gasteiger partial charge in [-0.3, -0.25) is 0 Å². The van der Waals surface area contributed by atoms with Gasteiger partial charge in [-0.2, -0.15) is 0 Å². The van der Waals surface area contributed by atoms with Gasteiger partial charge in [-0.1, -0.05) is 18.2 Å². The van der Waals surface area contributed by atoms with E-state index in [1.807, 2.05) is 42.5 Å². The van der Waals surface area contributed by atoms with Gasteiger partial charge in [-0.15, -0.1) is 0 Å². The Hall–Kier alpha value is -1.39. The minimum absolute atomic E-state index is 0.0873. The lowest BCUT2D eigenvalue weighted by Crippen LogP contribution is -1.84. The van der Waals surface area contributed by atoms with Crippen LogP contribution in [0.1, 0.15) is 5.56 Å². The standard InChI is InChI=1S/C8H10O2.C5H4BrN/c1-10-8-4-2-7(6-9)3-5-8;6-5-3-1-2-4-7-5/h2-5,9H,6H2,1H3;1-4H. The van der Waals surface area contributed by atoms with Crippen LogP contribution < -0.4 is 4.74 Å². The maximum absolute atomic E-state index is 8.66. The molecule has 0 saturated heterocycles. The molecule has 0 fully saturated rings. The van der Waals surface area contributed by atoms with Crippen LogP contribution in [0.2, 0.25) is 0 Å². The molecule has 0 radical (unpaired) electrons. The van der Waals surface area contributed by atoms with Gasteiger partial charge in [0, 0.05) is 6.20 Å². The number of benzene rings is 1. The number of ether oxygens (including phenoxy) is 1. The van der Waals surface area contributed by atoms with E-state index in [1.54, 1.807) is 13.3 Å². The Morgan fingerprint density at radius 3 is 2.24 bits per heavy atom. The lowest BCUT2D eigenvalue weighted by atomic mass is 10.2. The molecule has 1 heterocycles. The number of pyridine rings is 1. The molecule has 0 bridgehead atoms. The van der Waals surface area contributed by atoms with E-state index in [9.17, 15) is 0 Å². The number of aromatic nitrogens is 1. The molecule has 0 aliphatic heterocycles. The molecule has 0 amide bonds. The summed E-state index contributed by atoms with van der Waals surface area (Å²) in [4.78, 5) is 3.90. The summed E-state index contributed by atoms with van der Waals surface area (Å²) in [6, 6.07) is 13.0. The smallest absolute Gasteiger partial charge is 0.118 e. The maximum Gasteiger partial charge on any atom is 0.118 e. The highest BCUT2D eigenvalue weighted by Crippen LogP contribution is 2.10. The van der Waals surface area contributed by atoms with E-state index >= 15 is 0 Å². The van der Waals surface area contributed by atoms with E-state index in [2.05, 4.69) is 20.9 Å². The topological polar surface area (TPSA) is 42.4 Å². The van der Waals surface area contributed by atoms with Crippen LogP contribution >= 0.6 is 15.9 Å². The summed E-state index contributed by atoms with van der Waals surface area (Å²) in [6.45, 7) is 0.0873. The fraction of sp³-hybridized carbons (Fsp3) is 0.154. The Morgan fingerprint density at radius 2 is 1.88 bits per heavy atom. The van der Waals surface area contributed by atoms with Gasteiger partial charge in [0.2, 0.25) is 0 Å². The number of aliphatic hydroxyl groups is 1. The second-order valence-electron chi connectivity index (χ2n) is 3.16. The average Bonchev–Trinajstić information content (AvgIpc) is 2.40. The lowest BCUT2D eigenvalue weighted by molar-refractivity contribution is 0.281. The fourth-order valence-corrected chi connectivity index (χ4v) is 1.34. The molecule has 3 nitrogen and oxygen atoms in total. The molecule has 0 spiro atoms. The highest BCUT2D eigenvalue weighted by Gasteiger charge is 1.89. The molecule has 17 heavy (non-hydrogen) atoms. The molecule has 2 aromatic rings. The number of methoxy groups -OCH3 is 1. The van der Waals surface area contributed by atoms with E-state index in [1.165, 1.54) is 0 Å². The Kier molecular flexibility index (Phi) is 6.29. The van der Waals surface area contributed by atoms with Crippen molar-refractivity contribution >= 4 is 15.9 Å². The van der Waals surface area contributed by atoms with Crippen molar-refractivity contribution in [1.82, 2.24) is 4.98 Å². The predicted molar refractivity (Wildman–Crippen MR) is 70.9 cm³/mol. The fourth-order valence-electron chi connectivity index (χ4n) is 1.07. The van der Waals surface area contributed by atoms with Gasteiger partial charge in [0.05, 0.1) is 13.7 Å². The number of aliphatic hydroxyl groups excluding tert-OH is 1. The number of hydrogen-bond acceptors (Lipinski definition) is 3. The molecule has 1 N–H and O–H groups in total. The third-order valence-electron chi connectivity index (χ3n) is 1.97. The van der Waals surface area contributed by atoms with Gasteiger partial charge in [-0.25, -0.2) is 4.98 Å². The number of hydrogen-bond donors (Lipinski definition) is 1. The van der Waals surface area contributed by atoms with Gasteiger partial charge in [0.1, 0.15) is 10.4 Å². The van der Waals surface area contributed by atoms with Gasteiger partial charge in [0.25, 0.3) is 0 Å². The van der Waals surface area contributed by atoms with Crippen LogP contribution in [0.5, 0.6) is 5.75 Å². The first-order chi connectivity index (χ1) is 8.26. The Bertz CT molecular complexity index is 394. The minimum Gasteiger partial charge on any atom is -0.497 e. The van der Waals surface area contributed by atoms with Gasteiger partial charge >= 0.3 is 0 Å². The summed E-state index contributed by atoms with van der Waals surface area (Å²) in [5, 5.41) is 8.66. The van der Waals surface area contributed by atoms with Gasteiger partial charge < -0.3 is 9.84 Å². The van der Waals surface area contributed by atoms with Crippen molar-refractivity contribution < 1.29 is 9.84 Å². The summed E-state index contributed by atoms with van der Waals surface area (Å²) >= 11 is 3.20. The van der Waals surface area contributed by atoms with Crippen molar-refractivity contribution in [2.45, 2.75) is 6.61 Å². The third-order valence-corrected chi connectivity index (χ3v) is 2.44. The summed E-state index contributed by atoms with van der Waals surface area (Å²) in [5.74, 6) is 0.817. The Labute approximate surface area is 109 Å². The maximum atomic E-state index is 8.66. The van der Waals surface area contributed by atoms with E-state index in [0.29, 0.717) is 0 Å². The van der Waals surface area contributed by atoms with Crippen LogP contribution in [0.15, 0.2) is 53.3 Å². The molecule has 4 heteroatoms. The second-order valence-corrected chi connectivity index (χ2v) is 3.97. The first-order valence-corrected chi connectivity index (χ1v) is 5.86. The molecule has 2 rings (SSSR count). The zero-order valence-electron chi connectivity index (χ0n) is 9.51. The normalized spacial score (nSPS) is 9.12. The van der Waals surface area contributed by atoms with E-state index in [4.69, 9.17) is 9.84 Å². The highest BCUT2D eigenvalue weighted by molar-refractivity contribution is 9.10. The molecule has 0 aliphatic rings. The monoisotopic (exact) mass is 295 g/mol. The molecule has 0 unspecified atom stereocenters. The first-order valence-electron chi connectivity index (χ1n) is 5.06. The average molecular weight is 296 g/mol. The van der Waals surface area contributed by atoms with E-state index in [0.717, 1.165) is 15.9 Å². The van der Waals surface area contributed by atoms with Crippen LogP contribution in [0.25, 0.3) is 0 Å². The van der Waals surface area contributed by atoms with Crippen molar-refractivity contribution in [3.8, 4) is 5.75 Å². The van der Waals surface area contributed by atoms with Gasteiger partial charge in [-0.05, 0) is 45.8 Å². The van der Waals surface area contributed by atoms with Crippen LogP contribution in [0.3, 0.4) is 0 Å². The third kappa shape index (κ3) is 5.47. The highest BCUT2D eigenvalue weighted by atomic mass is 79.9. The molecule has 1 aromatic heterocycles. The summed E-state index contributed by atoms with van der Waals surface area (Å²) in [6.07, 6.45) is 1.74.